The number of primary amides is 2. The number of rotatable bonds is 12. The zero-order chi connectivity index (χ0) is 21.1. The molecule has 13 heteroatoms. The van der Waals surface area contributed by atoms with Crippen molar-refractivity contribution in [3.8, 4) is 0 Å². The van der Waals surface area contributed by atoms with Crippen LogP contribution < -0.4 is 33.2 Å². The lowest BCUT2D eigenvalue weighted by molar-refractivity contribution is -0.142. The quantitative estimate of drug-likeness (QED) is 0.172. The Bertz CT molecular complexity index is 609. The summed E-state index contributed by atoms with van der Waals surface area (Å²) in [5, 5.41) is 15.4. The molecule has 10 N–H and O–H groups in total. The number of aliphatic carboxylic acids is 1. The molecular formula is C14H24N6O7. The maximum Gasteiger partial charge on any atom is 0.325 e. The number of carbonyl (C=O) groups excluding carboxylic acids is 5. The molecule has 0 aromatic carbocycles. The lowest BCUT2D eigenvalue weighted by atomic mass is 10.1. The summed E-state index contributed by atoms with van der Waals surface area (Å²) in [6.07, 6.45) is -1.07. The van der Waals surface area contributed by atoms with Crippen LogP contribution in [0.3, 0.4) is 0 Å². The van der Waals surface area contributed by atoms with Gasteiger partial charge in [-0.1, -0.05) is 0 Å². The van der Waals surface area contributed by atoms with Crippen LogP contribution in [-0.4, -0.2) is 65.3 Å². The fourth-order valence-corrected chi connectivity index (χ4v) is 1.87. The Morgan fingerprint density at radius 1 is 0.889 bits per heavy atom. The van der Waals surface area contributed by atoms with Crippen molar-refractivity contribution in [2.24, 2.45) is 17.2 Å². The molecule has 0 aliphatic carbocycles. The first-order valence-electron chi connectivity index (χ1n) is 7.87. The van der Waals surface area contributed by atoms with Gasteiger partial charge in [0.2, 0.25) is 29.5 Å². The molecule has 0 bridgehead atoms. The summed E-state index contributed by atoms with van der Waals surface area (Å²) in [5.41, 5.74) is 15.2. The molecule has 0 aliphatic rings. The first-order valence-corrected chi connectivity index (χ1v) is 7.87. The van der Waals surface area contributed by atoms with Gasteiger partial charge in [0.05, 0.1) is 13.0 Å². The van der Waals surface area contributed by atoms with E-state index in [4.69, 9.17) is 22.3 Å². The van der Waals surface area contributed by atoms with Crippen LogP contribution in [0.4, 0.5) is 0 Å². The highest BCUT2D eigenvalue weighted by Gasteiger charge is 2.29. The van der Waals surface area contributed by atoms with Crippen LogP contribution in [0.5, 0.6) is 0 Å². The Labute approximate surface area is 154 Å². The standard InChI is InChI=1S/C14H24N6O7/c1-6(14(26)27)18-12(24)7(2-3-9(16)21)20-13(25)8(4-10(17)22)19-11(23)5-15/h6-8H,2-5,15H2,1H3,(H2,16,21)(H2,17,22)(H,18,24)(H,19,23)(H,20,25)(H,26,27). The van der Waals surface area contributed by atoms with E-state index in [1.54, 1.807) is 0 Å². The van der Waals surface area contributed by atoms with E-state index in [0.29, 0.717) is 0 Å². The zero-order valence-electron chi connectivity index (χ0n) is 14.7. The van der Waals surface area contributed by atoms with E-state index in [-0.39, 0.29) is 12.8 Å². The van der Waals surface area contributed by atoms with Crippen molar-refractivity contribution in [3.05, 3.63) is 0 Å². The largest absolute Gasteiger partial charge is 0.480 e. The Balaban J connectivity index is 5.26. The molecule has 0 aliphatic heterocycles. The van der Waals surface area contributed by atoms with Crippen LogP contribution in [0.2, 0.25) is 0 Å². The van der Waals surface area contributed by atoms with Crippen molar-refractivity contribution in [2.45, 2.75) is 44.3 Å². The maximum absolute atomic E-state index is 12.3. The number of carboxylic acids is 1. The Morgan fingerprint density at radius 3 is 1.89 bits per heavy atom. The fraction of sp³-hybridized carbons (Fsp3) is 0.571. The molecule has 0 spiro atoms. The SMILES string of the molecule is CC(NC(=O)C(CCC(N)=O)NC(=O)C(CC(N)=O)NC(=O)CN)C(=O)O. The zero-order valence-corrected chi connectivity index (χ0v) is 14.7. The number of carboxylic acid groups (broad SMARTS) is 1. The molecule has 13 nitrogen and oxygen atoms in total. The van der Waals surface area contributed by atoms with Crippen LogP contribution in [0.15, 0.2) is 0 Å². The van der Waals surface area contributed by atoms with Crippen molar-refractivity contribution in [1.29, 1.82) is 0 Å². The summed E-state index contributed by atoms with van der Waals surface area (Å²) in [6, 6.07) is -4.00. The van der Waals surface area contributed by atoms with E-state index in [9.17, 15) is 28.8 Å². The second-order valence-electron chi connectivity index (χ2n) is 5.63. The van der Waals surface area contributed by atoms with E-state index in [1.807, 2.05) is 0 Å². The van der Waals surface area contributed by atoms with Crippen molar-refractivity contribution < 1.29 is 33.9 Å². The third-order valence-electron chi connectivity index (χ3n) is 3.28. The van der Waals surface area contributed by atoms with Crippen LogP contribution in [-0.2, 0) is 28.8 Å². The Hall–Kier alpha value is -3.22. The number of hydrogen-bond acceptors (Lipinski definition) is 7. The first-order chi connectivity index (χ1) is 12.5. The van der Waals surface area contributed by atoms with Gasteiger partial charge in [-0.05, 0) is 13.3 Å². The van der Waals surface area contributed by atoms with Gasteiger partial charge in [-0.2, -0.15) is 0 Å². The van der Waals surface area contributed by atoms with Crippen molar-refractivity contribution in [1.82, 2.24) is 16.0 Å². The molecule has 3 unspecified atom stereocenters. The van der Waals surface area contributed by atoms with Crippen molar-refractivity contribution in [3.63, 3.8) is 0 Å². The van der Waals surface area contributed by atoms with Crippen LogP contribution in [0.25, 0.3) is 0 Å². The molecule has 152 valence electrons. The molecular weight excluding hydrogens is 364 g/mol. The molecule has 3 atom stereocenters. The smallest absolute Gasteiger partial charge is 0.325 e. The number of carbonyl (C=O) groups is 6. The number of nitrogens with one attached hydrogen (secondary N) is 3. The van der Waals surface area contributed by atoms with Crippen LogP contribution in [0.1, 0.15) is 26.2 Å². The van der Waals surface area contributed by atoms with Gasteiger partial charge in [-0.15, -0.1) is 0 Å². The van der Waals surface area contributed by atoms with E-state index >= 15 is 0 Å². The highest BCUT2D eigenvalue weighted by Crippen LogP contribution is 2.01. The molecule has 0 radical (unpaired) electrons. The maximum atomic E-state index is 12.3. The predicted molar refractivity (Wildman–Crippen MR) is 90.4 cm³/mol. The summed E-state index contributed by atoms with van der Waals surface area (Å²) in [7, 11) is 0. The van der Waals surface area contributed by atoms with E-state index in [0.717, 1.165) is 0 Å². The highest BCUT2D eigenvalue weighted by atomic mass is 16.4. The van der Waals surface area contributed by atoms with E-state index in [1.165, 1.54) is 6.92 Å². The molecule has 0 saturated carbocycles. The van der Waals surface area contributed by atoms with Gasteiger partial charge in [0.15, 0.2) is 0 Å². The van der Waals surface area contributed by atoms with Gasteiger partial charge in [-0.25, -0.2) is 0 Å². The number of nitrogens with two attached hydrogens (primary N) is 3. The second kappa shape index (κ2) is 11.4. The third-order valence-corrected chi connectivity index (χ3v) is 3.28. The average Bonchev–Trinajstić information content (AvgIpc) is 2.56. The molecule has 0 fully saturated rings. The number of amides is 5. The molecule has 0 rings (SSSR count). The molecule has 27 heavy (non-hydrogen) atoms. The summed E-state index contributed by atoms with van der Waals surface area (Å²) >= 11 is 0. The Kier molecular flexibility index (Phi) is 10.0. The highest BCUT2D eigenvalue weighted by molar-refractivity contribution is 5.95. The summed E-state index contributed by atoms with van der Waals surface area (Å²) in [6.45, 7) is 0.745. The molecule has 0 aromatic heterocycles. The monoisotopic (exact) mass is 388 g/mol. The van der Waals surface area contributed by atoms with Gasteiger partial charge in [-0.3, -0.25) is 28.8 Å². The van der Waals surface area contributed by atoms with Gasteiger partial charge < -0.3 is 38.3 Å². The molecule has 5 amide bonds. The fourth-order valence-electron chi connectivity index (χ4n) is 1.87. The molecule has 0 aromatic rings. The first kappa shape index (κ1) is 23.8. The van der Waals surface area contributed by atoms with Gasteiger partial charge in [0.25, 0.3) is 0 Å². The van der Waals surface area contributed by atoms with Crippen molar-refractivity contribution >= 4 is 35.5 Å². The van der Waals surface area contributed by atoms with Gasteiger partial charge >= 0.3 is 5.97 Å². The van der Waals surface area contributed by atoms with Gasteiger partial charge in [0, 0.05) is 6.42 Å². The molecule has 0 heterocycles. The topological polar surface area (TPSA) is 237 Å². The Morgan fingerprint density at radius 2 is 1.44 bits per heavy atom. The lowest BCUT2D eigenvalue weighted by Crippen LogP contribution is -2.56. The summed E-state index contributed by atoms with van der Waals surface area (Å²) < 4.78 is 0. The summed E-state index contributed by atoms with van der Waals surface area (Å²) in [5.74, 6) is -5.53. The molecule has 0 saturated heterocycles. The van der Waals surface area contributed by atoms with Crippen LogP contribution in [0, 0.1) is 0 Å². The van der Waals surface area contributed by atoms with Crippen molar-refractivity contribution in [2.75, 3.05) is 6.54 Å². The average molecular weight is 388 g/mol. The lowest BCUT2D eigenvalue weighted by Gasteiger charge is -2.23. The number of hydrogen-bond donors (Lipinski definition) is 7. The minimum Gasteiger partial charge on any atom is -0.480 e. The van der Waals surface area contributed by atoms with Crippen LogP contribution >= 0.6 is 0 Å². The normalized spacial score (nSPS) is 13.6. The third kappa shape index (κ3) is 9.74. The van der Waals surface area contributed by atoms with E-state index in [2.05, 4.69) is 16.0 Å². The summed E-state index contributed by atoms with van der Waals surface area (Å²) in [4.78, 5) is 68.8. The van der Waals surface area contributed by atoms with Gasteiger partial charge in [0.1, 0.15) is 18.1 Å². The minimum atomic E-state index is -1.40. The predicted octanol–water partition coefficient (Wildman–Crippen LogP) is -4.36. The second-order valence-corrected chi connectivity index (χ2v) is 5.63. The van der Waals surface area contributed by atoms with E-state index < -0.39 is 66.6 Å². The minimum absolute atomic E-state index is 0.229.